The topological polar surface area (TPSA) is 95.3 Å². The van der Waals surface area contributed by atoms with E-state index in [2.05, 4.69) is 10.3 Å². The summed E-state index contributed by atoms with van der Waals surface area (Å²) in [4.78, 5) is 24.2. The SMILES string of the molecule is CC(CNCc1ccc2oc(=O)[nH]c2c1)C(=O)O. The lowest BCUT2D eigenvalue weighted by Crippen LogP contribution is -2.25. The number of hydrogen-bond donors (Lipinski definition) is 3. The van der Waals surface area contributed by atoms with Crippen molar-refractivity contribution in [2.45, 2.75) is 13.5 Å². The van der Waals surface area contributed by atoms with Crippen LogP contribution in [-0.2, 0) is 11.3 Å². The third-order valence-corrected chi connectivity index (χ3v) is 2.68. The molecule has 0 saturated heterocycles. The Labute approximate surface area is 103 Å². The first-order valence-electron chi connectivity index (χ1n) is 5.61. The standard InChI is InChI=1S/C12H14N2O4/c1-7(11(15)16)5-13-6-8-2-3-10-9(4-8)14-12(17)18-10/h2-4,7,13H,5-6H2,1H3,(H,14,17)(H,15,16). The maximum absolute atomic E-state index is 11.0. The highest BCUT2D eigenvalue weighted by Crippen LogP contribution is 2.12. The van der Waals surface area contributed by atoms with Crippen molar-refractivity contribution in [1.29, 1.82) is 0 Å². The van der Waals surface area contributed by atoms with Gasteiger partial charge in [-0.25, -0.2) is 4.79 Å². The van der Waals surface area contributed by atoms with Crippen molar-refractivity contribution in [3.63, 3.8) is 0 Å². The third-order valence-electron chi connectivity index (χ3n) is 2.68. The first kappa shape index (κ1) is 12.4. The minimum atomic E-state index is -0.822. The van der Waals surface area contributed by atoms with Crippen LogP contribution in [0.5, 0.6) is 0 Å². The summed E-state index contributed by atoms with van der Waals surface area (Å²) < 4.78 is 4.89. The van der Waals surface area contributed by atoms with Crippen LogP contribution in [0.4, 0.5) is 0 Å². The van der Waals surface area contributed by atoms with Gasteiger partial charge in [-0.3, -0.25) is 9.78 Å². The van der Waals surface area contributed by atoms with Gasteiger partial charge in [0, 0.05) is 13.1 Å². The van der Waals surface area contributed by atoms with E-state index in [-0.39, 0.29) is 0 Å². The van der Waals surface area contributed by atoms with Gasteiger partial charge in [-0.05, 0) is 17.7 Å². The van der Waals surface area contributed by atoms with Gasteiger partial charge in [-0.15, -0.1) is 0 Å². The number of carbonyl (C=O) groups is 1. The average Bonchev–Trinajstić information content (AvgIpc) is 2.68. The van der Waals surface area contributed by atoms with Crippen molar-refractivity contribution in [2.75, 3.05) is 6.54 Å². The number of nitrogens with one attached hydrogen (secondary N) is 2. The summed E-state index contributed by atoms with van der Waals surface area (Å²) in [5.74, 6) is -1.73. The Hall–Kier alpha value is -2.08. The van der Waals surface area contributed by atoms with Gasteiger partial charge in [0.05, 0.1) is 11.4 Å². The zero-order chi connectivity index (χ0) is 13.1. The van der Waals surface area contributed by atoms with Crippen LogP contribution >= 0.6 is 0 Å². The van der Waals surface area contributed by atoms with Crippen LogP contribution in [0.15, 0.2) is 27.4 Å². The number of fused-ring (bicyclic) bond motifs is 1. The van der Waals surface area contributed by atoms with E-state index in [0.717, 1.165) is 5.56 Å². The molecule has 6 heteroatoms. The Balaban J connectivity index is 1.99. The first-order valence-corrected chi connectivity index (χ1v) is 5.61. The Morgan fingerprint density at radius 3 is 3.06 bits per heavy atom. The molecule has 0 fully saturated rings. The normalized spacial score (nSPS) is 12.7. The minimum absolute atomic E-state index is 0.398. The summed E-state index contributed by atoms with van der Waals surface area (Å²) in [5.41, 5.74) is 2.12. The number of rotatable bonds is 5. The molecule has 3 N–H and O–H groups in total. The smallest absolute Gasteiger partial charge is 0.417 e. The zero-order valence-corrected chi connectivity index (χ0v) is 9.90. The maximum atomic E-state index is 11.0. The van der Waals surface area contributed by atoms with Crippen LogP contribution in [0.3, 0.4) is 0 Å². The van der Waals surface area contributed by atoms with Crippen LogP contribution in [0.1, 0.15) is 12.5 Å². The van der Waals surface area contributed by atoms with Crippen LogP contribution < -0.4 is 11.1 Å². The molecule has 6 nitrogen and oxygen atoms in total. The van der Waals surface area contributed by atoms with Crippen molar-refractivity contribution < 1.29 is 14.3 Å². The fourth-order valence-corrected chi connectivity index (χ4v) is 1.63. The predicted molar refractivity (Wildman–Crippen MR) is 65.3 cm³/mol. The number of aromatic amines is 1. The van der Waals surface area contributed by atoms with Gasteiger partial charge in [-0.1, -0.05) is 13.0 Å². The van der Waals surface area contributed by atoms with Gasteiger partial charge < -0.3 is 14.8 Å². The molecule has 96 valence electrons. The number of hydrogen-bond acceptors (Lipinski definition) is 4. The second kappa shape index (κ2) is 5.05. The summed E-state index contributed by atoms with van der Waals surface area (Å²) in [6, 6.07) is 5.35. The number of carboxylic acid groups (broad SMARTS) is 1. The highest BCUT2D eigenvalue weighted by molar-refractivity contribution is 5.72. The van der Waals surface area contributed by atoms with E-state index >= 15 is 0 Å². The molecule has 0 amide bonds. The molecule has 1 unspecified atom stereocenters. The lowest BCUT2D eigenvalue weighted by molar-refractivity contribution is -0.140. The minimum Gasteiger partial charge on any atom is -0.481 e. The fraction of sp³-hybridized carbons (Fsp3) is 0.333. The number of aromatic nitrogens is 1. The van der Waals surface area contributed by atoms with Gasteiger partial charge in [-0.2, -0.15) is 0 Å². The Kier molecular flexibility index (Phi) is 3.47. The van der Waals surface area contributed by atoms with Crippen molar-refractivity contribution in [2.24, 2.45) is 5.92 Å². The van der Waals surface area contributed by atoms with E-state index in [4.69, 9.17) is 9.52 Å². The fourth-order valence-electron chi connectivity index (χ4n) is 1.63. The largest absolute Gasteiger partial charge is 0.481 e. The molecule has 0 spiro atoms. The average molecular weight is 250 g/mol. The van der Waals surface area contributed by atoms with Gasteiger partial charge >= 0.3 is 11.7 Å². The quantitative estimate of drug-likeness (QED) is 0.733. The number of oxazole rings is 1. The molecule has 18 heavy (non-hydrogen) atoms. The summed E-state index contributed by atoms with van der Waals surface area (Å²) in [5, 5.41) is 11.8. The molecule has 0 bridgehead atoms. The molecule has 1 heterocycles. The molecule has 1 aromatic heterocycles. The molecule has 2 rings (SSSR count). The lowest BCUT2D eigenvalue weighted by Gasteiger charge is -2.08. The Bertz CT molecular complexity index is 614. The molecule has 0 saturated carbocycles. The molecular formula is C12H14N2O4. The number of carboxylic acids is 1. The lowest BCUT2D eigenvalue weighted by atomic mass is 10.1. The van der Waals surface area contributed by atoms with Crippen LogP contribution in [-0.4, -0.2) is 22.6 Å². The van der Waals surface area contributed by atoms with E-state index in [9.17, 15) is 9.59 Å². The summed E-state index contributed by atoms with van der Waals surface area (Å²) >= 11 is 0. The monoisotopic (exact) mass is 250 g/mol. The molecule has 2 aromatic rings. The molecular weight excluding hydrogens is 236 g/mol. The van der Waals surface area contributed by atoms with Crippen LogP contribution in [0, 0.1) is 5.92 Å². The molecule has 0 aliphatic rings. The van der Waals surface area contributed by atoms with E-state index in [1.807, 2.05) is 6.07 Å². The van der Waals surface area contributed by atoms with Crippen molar-refractivity contribution >= 4 is 17.1 Å². The first-order chi connectivity index (χ1) is 8.56. The second-order valence-corrected chi connectivity index (χ2v) is 4.22. The van der Waals surface area contributed by atoms with Gasteiger partial charge in [0.2, 0.25) is 0 Å². The summed E-state index contributed by atoms with van der Waals surface area (Å²) in [6.45, 7) is 2.59. The van der Waals surface area contributed by atoms with Crippen molar-refractivity contribution in [3.8, 4) is 0 Å². The van der Waals surface area contributed by atoms with Gasteiger partial charge in [0.15, 0.2) is 5.58 Å². The third kappa shape index (κ3) is 2.78. The molecule has 0 radical (unpaired) electrons. The number of aliphatic carboxylic acids is 1. The van der Waals surface area contributed by atoms with Crippen molar-refractivity contribution in [1.82, 2.24) is 10.3 Å². The number of benzene rings is 1. The van der Waals surface area contributed by atoms with Gasteiger partial charge in [0.1, 0.15) is 0 Å². The molecule has 1 atom stereocenters. The van der Waals surface area contributed by atoms with Gasteiger partial charge in [0.25, 0.3) is 0 Å². The van der Waals surface area contributed by atoms with Crippen LogP contribution in [0.25, 0.3) is 11.1 Å². The zero-order valence-electron chi connectivity index (χ0n) is 9.90. The van der Waals surface area contributed by atoms with E-state index < -0.39 is 17.6 Å². The second-order valence-electron chi connectivity index (χ2n) is 4.22. The Morgan fingerprint density at radius 2 is 2.33 bits per heavy atom. The predicted octanol–water partition coefficient (Wildman–Crippen LogP) is 0.931. The van der Waals surface area contributed by atoms with Crippen molar-refractivity contribution in [3.05, 3.63) is 34.3 Å². The van der Waals surface area contributed by atoms with E-state index in [1.54, 1.807) is 19.1 Å². The van der Waals surface area contributed by atoms with Crippen LogP contribution in [0.2, 0.25) is 0 Å². The maximum Gasteiger partial charge on any atom is 0.417 e. The summed E-state index contributed by atoms with van der Waals surface area (Å²) in [6.07, 6.45) is 0. The number of H-pyrrole nitrogens is 1. The highest BCUT2D eigenvalue weighted by atomic mass is 16.4. The Morgan fingerprint density at radius 1 is 1.56 bits per heavy atom. The van der Waals surface area contributed by atoms with E-state index in [0.29, 0.717) is 24.2 Å². The molecule has 0 aliphatic heterocycles. The molecule has 0 aliphatic carbocycles. The highest BCUT2D eigenvalue weighted by Gasteiger charge is 2.09. The molecule has 1 aromatic carbocycles. The van der Waals surface area contributed by atoms with E-state index in [1.165, 1.54) is 0 Å². The summed E-state index contributed by atoms with van der Waals surface area (Å²) in [7, 11) is 0.